The molecule has 1 atom stereocenters. The van der Waals surface area contributed by atoms with Crippen LogP contribution in [0.3, 0.4) is 0 Å². The molecule has 0 aliphatic carbocycles. The summed E-state index contributed by atoms with van der Waals surface area (Å²) in [7, 11) is 2.20. The van der Waals surface area contributed by atoms with Crippen LogP contribution in [0.2, 0.25) is 5.02 Å². The molecule has 2 saturated heterocycles. The minimum Gasteiger partial charge on any atom is -0.360 e. The monoisotopic (exact) mass is 506 g/mol. The molecule has 190 valence electrons. The van der Waals surface area contributed by atoms with Crippen molar-refractivity contribution in [3.8, 4) is 0 Å². The summed E-state index contributed by atoms with van der Waals surface area (Å²) in [6, 6.07) is 14.3. The highest BCUT2D eigenvalue weighted by Crippen LogP contribution is 2.33. The molecule has 2 fully saturated rings. The Kier molecular flexibility index (Phi) is 7.35. The molecule has 1 aromatic heterocycles. The molecule has 5 rings (SSSR count). The van der Waals surface area contributed by atoms with E-state index in [1.807, 2.05) is 54.3 Å². The van der Waals surface area contributed by atoms with Gasteiger partial charge in [-0.05, 0) is 88.8 Å². The number of amides is 2. The zero-order chi connectivity index (χ0) is 25.2. The van der Waals surface area contributed by atoms with E-state index in [9.17, 15) is 9.59 Å². The van der Waals surface area contributed by atoms with Crippen LogP contribution in [0.15, 0.2) is 54.7 Å². The first-order valence-corrected chi connectivity index (χ1v) is 13.4. The van der Waals surface area contributed by atoms with Gasteiger partial charge in [0.2, 0.25) is 5.91 Å². The second kappa shape index (κ2) is 10.7. The maximum Gasteiger partial charge on any atom is 0.259 e. The van der Waals surface area contributed by atoms with E-state index in [0.29, 0.717) is 22.2 Å². The molecule has 2 amide bonds. The number of anilines is 1. The Hall–Kier alpha value is -2.83. The highest BCUT2D eigenvalue weighted by Gasteiger charge is 2.35. The third-order valence-electron chi connectivity index (χ3n) is 8.16. The van der Waals surface area contributed by atoms with Gasteiger partial charge in [0.25, 0.3) is 5.91 Å². The van der Waals surface area contributed by atoms with Crippen molar-refractivity contribution in [2.75, 3.05) is 38.1 Å². The molecule has 0 bridgehead atoms. The smallest absolute Gasteiger partial charge is 0.259 e. The number of rotatable bonds is 5. The van der Waals surface area contributed by atoms with Crippen LogP contribution in [0.4, 0.5) is 5.69 Å². The van der Waals surface area contributed by atoms with E-state index in [4.69, 9.17) is 11.6 Å². The van der Waals surface area contributed by atoms with Gasteiger partial charge >= 0.3 is 0 Å². The van der Waals surface area contributed by atoms with Crippen LogP contribution in [0.1, 0.15) is 43.0 Å². The number of hydrogen-bond donors (Lipinski definition) is 1. The summed E-state index contributed by atoms with van der Waals surface area (Å²) in [4.78, 5) is 36.6. The standard InChI is InChI=1S/C29H35ClN4O2/c1-20(28(35)33-16-12-22(13-17-33)21-10-14-32(2)15-11-21)34(24-6-4-3-5-7-24)29(36)23-8-9-25-26(30)19-31-27(25)18-23/h3-9,18-22,31H,10-17H2,1-2H3/t20-/m1/s1. The number of fused-ring (bicyclic) bond motifs is 1. The van der Waals surface area contributed by atoms with Gasteiger partial charge in [0, 0.05) is 41.4 Å². The first kappa shape index (κ1) is 24.8. The predicted octanol–water partition coefficient (Wildman–Crippen LogP) is 5.44. The first-order chi connectivity index (χ1) is 17.4. The Morgan fingerprint density at radius 3 is 2.28 bits per heavy atom. The molecular weight excluding hydrogens is 472 g/mol. The summed E-state index contributed by atoms with van der Waals surface area (Å²) in [5, 5.41) is 1.49. The maximum absolute atomic E-state index is 13.8. The summed E-state index contributed by atoms with van der Waals surface area (Å²) in [6.07, 6.45) is 6.35. The van der Waals surface area contributed by atoms with Crippen LogP contribution < -0.4 is 4.90 Å². The fraction of sp³-hybridized carbons (Fsp3) is 0.448. The Morgan fingerprint density at radius 2 is 1.61 bits per heavy atom. The van der Waals surface area contributed by atoms with E-state index in [0.717, 1.165) is 42.8 Å². The number of aromatic nitrogens is 1. The van der Waals surface area contributed by atoms with Crippen LogP contribution >= 0.6 is 11.6 Å². The minimum absolute atomic E-state index is 0.0121. The Morgan fingerprint density at radius 1 is 0.972 bits per heavy atom. The van der Waals surface area contributed by atoms with E-state index in [-0.39, 0.29) is 11.8 Å². The molecule has 0 radical (unpaired) electrons. The van der Waals surface area contributed by atoms with Crippen molar-refractivity contribution >= 4 is 40.0 Å². The molecule has 2 aromatic carbocycles. The Bertz CT molecular complexity index is 1210. The van der Waals surface area contributed by atoms with E-state index in [1.165, 1.54) is 25.9 Å². The average Bonchev–Trinajstić information content (AvgIpc) is 3.29. The quantitative estimate of drug-likeness (QED) is 0.501. The van der Waals surface area contributed by atoms with Gasteiger partial charge in [0.05, 0.1) is 5.02 Å². The zero-order valence-corrected chi connectivity index (χ0v) is 21.9. The number of H-pyrrole nitrogens is 1. The van der Waals surface area contributed by atoms with Gasteiger partial charge in [-0.2, -0.15) is 0 Å². The van der Waals surface area contributed by atoms with Gasteiger partial charge in [-0.1, -0.05) is 35.9 Å². The minimum atomic E-state index is -0.609. The van der Waals surface area contributed by atoms with Gasteiger partial charge in [0.1, 0.15) is 6.04 Å². The third kappa shape index (κ3) is 5.02. The molecule has 2 aliphatic heterocycles. The number of para-hydroxylation sites is 1. The highest BCUT2D eigenvalue weighted by molar-refractivity contribution is 6.35. The highest BCUT2D eigenvalue weighted by atomic mass is 35.5. The lowest BCUT2D eigenvalue weighted by molar-refractivity contribution is -0.133. The van der Waals surface area contributed by atoms with Gasteiger partial charge < -0.3 is 14.8 Å². The second-order valence-electron chi connectivity index (χ2n) is 10.4. The lowest BCUT2D eigenvalue weighted by Crippen LogP contribution is -2.52. The number of aromatic amines is 1. The van der Waals surface area contributed by atoms with Crippen molar-refractivity contribution in [1.29, 1.82) is 0 Å². The van der Waals surface area contributed by atoms with E-state index in [1.54, 1.807) is 17.2 Å². The molecule has 7 heteroatoms. The van der Waals surface area contributed by atoms with Crippen molar-refractivity contribution in [3.63, 3.8) is 0 Å². The zero-order valence-electron chi connectivity index (χ0n) is 21.1. The van der Waals surface area contributed by atoms with Gasteiger partial charge in [-0.15, -0.1) is 0 Å². The van der Waals surface area contributed by atoms with Crippen LogP contribution in [0.25, 0.3) is 10.9 Å². The number of carbonyl (C=O) groups excluding carboxylic acids is 2. The van der Waals surface area contributed by atoms with Crippen LogP contribution in [-0.2, 0) is 4.79 Å². The summed E-state index contributed by atoms with van der Waals surface area (Å²) in [5.41, 5.74) is 2.04. The number of nitrogens with one attached hydrogen (secondary N) is 1. The number of hydrogen-bond acceptors (Lipinski definition) is 3. The largest absolute Gasteiger partial charge is 0.360 e. The number of benzene rings is 2. The topological polar surface area (TPSA) is 59.7 Å². The summed E-state index contributed by atoms with van der Waals surface area (Å²) >= 11 is 6.23. The lowest BCUT2D eigenvalue weighted by Gasteiger charge is -2.41. The number of nitrogens with zero attached hydrogens (tertiary/aromatic N) is 3. The molecular formula is C29H35ClN4O2. The van der Waals surface area contributed by atoms with Crippen molar-refractivity contribution < 1.29 is 9.59 Å². The van der Waals surface area contributed by atoms with E-state index in [2.05, 4.69) is 16.9 Å². The number of halogens is 1. The summed E-state index contributed by atoms with van der Waals surface area (Å²) in [6.45, 7) is 5.74. The van der Waals surface area contributed by atoms with Gasteiger partial charge in [-0.25, -0.2) is 0 Å². The van der Waals surface area contributed by atoms with E-state index >= 15 is 0 Å². The fourth-order valence-corrected chi connectivity index (χ4v) is 6.15. The summed E-state index contributed by atoms with van der Waals surface area (Å²) in [5.74, 6) is 1.29. The number of piperidine rings is 2. The molecule has 1 N–H and O–H groups in total. The number of carbonyl (C=O) groups is 2. The van der Waals surface area contributed by atoms with Crippen molar-refractivity contribution in [1.82, 2.24) is 14.8 Å². The third-order valence-corrected chi connectivity index (χ3v) is 8.47. The molecule has 0 unspecified atom stereocenters. The molecule has 0 saturated carbocycles. The van der Waals surface area contributed by atoms with Crippen molar-refractivity contribution in [2.45, 2.75) is 38.6 Å². The molecule has 0 spiro atoms. The van der Waals surface area contributed by atoms with Crippen LogP contribution in [-0.4, -0.2) is 65.9 Å². The lowest BCUT2D eigenvalue weighted by atomic mass is 9.79. The molecule has 3 aromatic rings. The van der Waals surface area contributed by atoms with E-state index < -0.39 is 6.04 Å². The first-order valence-electron chi connectivity index (χ1n) is 13.0. The fourth-order valence-electron chi connectivity index (χ4n) is 5.93. The van der Waals surface area contributed by atoms with Crippen molar-refractivity contribution in [3.05, 3.63) is 65.3 Å². The second-order valence-corrected chi connectivity index (χ2v) is 10.8. The molecule has 3 heterocycles. The Balaban J connectivity index is 1.32. The Labute approximate surface area is 218 Å². The van der Waals surface area contributed by atoms with Crippen LogP contribution in [0, 0.1) is 11.8 Å². The van der Waals surface area contributed by atoms with Crippen LogP contribution in [0.5, 0.6) is 0 Å². The average molecular weight is 507 g/mol. The van der Waals surface area contributed by atoms with Gasteiger partial charge in [-0.3, -0.25) is 14.5 Å². The SMILES string of the molecule is C[C@H](C(=O)N1CCC(C2CCN(C)CC2)CC1)N(C(=O)c1ccc2c(Cl)c[nH]c2c1)c1ccccc1. The van der Waals surface area contributed by atoms with Crippen molar-refractivity contribution in [2.24, 2.45) is 11.8 Å². The van der Waals surface area contributed by atoms with Gasteiger partial charge in [0.15, 0.2) is 0 Å². The maximum atomic E-state index is 13.8. The summed E-state index contributed by atoms with van der Waals surface area (Å²) < 4.78 is 0. The molecule has 36 heavy (non-hydrogen) atoms. The predicted molar refractivity (Wildman–Crippen MR) is 146 cm³/mol. The number of likely N-dealkylation sites (tertiary alicyclic amines) is 2. The normalized spacial score (nSPS) is 18.9. The molecule has 6 nitrogen and oxygen atoms in total. The molecule has 2 aliphatic rings.